The number of ether oxygens (including phenoxy) is 1. The molecule has 2 aromatic carbocycles. The molecule has 29 heavy (non-hydrogen) atoms. The number of halogens is 1. The van der Waals surface area contributed by atoms with Gasteiger partial charge in [-0.2, -0.15) is 0 Å². The number of nitrogens with zero attached hydrogens (tertiary/aromatic N) is 5. The maximum atomic E-state index is 13.1. The van der Waals surface area contributed by atoms with Crippen LogP contribution in [-0.4, -0.2) is 43.6 Å². The number of benzene rings is 2. The smallest absolute Gasteiger partial charge is 0.183 e. The maximum absolute atomic E-state index is 13.1. The van der Waals surface area contributed by atoms with E-state index < -0.39 is 0 Å². The lowest BCUT2D eigenvalue weighted by molar-refractivity contribution is 0.102. The van der Waals surface area contributed by atoms with Crippen LogP contribution in [0.15, 0.2) is 59.9 Å². The van der Waals surface area contributed by atoms with Crippen LogP contribution in [0.4, 0.5) is 4.39 Å². The lowest BCUT2D eigenvalue weighted by Gasteiger charge is -2.04. The Labute approximate surface area is 169 Å². The normalized spacial score (nSPS) is 11.0. The van der Waals surface area contributed by atoms with Gasteiger partial charge in [-0.3, -0.25) is 4.79 Å². The van der Waals surface area contributed by atoms with Crippen molar-refractivity contribution >= 4 is 28.7 Å². The molecule has 0 aliphatic heterocycles. The zero-order chi connectivity index (χ0) is 20.2. The summed E-state index contributed by atoms with van der Waals surface area (Å²) in [5.74, 6) is 0.593. The highest BCUT2D eigenvalue weighted by Gasteiger charge is 2.15. The highest BCUT2D eigenvalue weighted by molar-refractivity contribution is 8.00. The van der Waals surface area contributed by atoms with Gasteiger partial charge in [0.15, 0.2) is 16.9 Å². The first-order valence-electron chi connectivity index (χ1n) is 8.73. The molecule has 0 saturated heterocycles. The van der Waals surface area contributed by atoms with Crippen LogP contribution in [0.2, 0.25) is 0 Å². The highest BCUT2D eigenvalue weighted by atomic mass is 32.2. The van der Waals surface area contributed by atoms with Crippen LogP contribution in [0.25, 0.3) is 11.2 Å². The van der Waals surface area contributed by atoms with Gasteiger partial charge in [0.25, 0.3) is 0 Å². The summed E-state index contributed by atoms with van der Waals surface area (Å²) >= 11 is 1.29. The first-order valence-corrected chi connectivity index (χ1v) is 9.71. The molecule has 0 spiro atoms. The van der Waals surface area contributed by atoms with Gasteiger partial charge in [0.1, 0.15) is 22.9 Å². The van der Waals surface area contributed by atoms with Crippen molar-refractivity contribution in [2.75, 3.05) is 12.9 Å². The average Bonchev–Trinajstić information content (AvgIpc) is 3.17. The molecule has 0 amide bonds. The minimum absolute atomic E-state index is 0.0249. The third-order valence-corrected chi connectivity index (χ3v) is 5.24. The number of carbonyl (C=O) groups is 1. The Bertz CT molecular complexity index is 1150. The second kappa shape index (κ2) is 8.36. The quantitative estimate of drug-likeness (QED) is 0.263. The van der Waals surface area contributed by atoms with Crippen LogP contribution in [0.3, 0.4) is 0 Å². The van der Waals surface area contributed by atoms with Crippen LogP contribution in [0.5, 0.6) is 5.75 Å². The molecule has 2 heterocycles. The first-order chi connectivity index (χ1) is 14.1. The Balaban J connectivity index is 1.50. The van der Waals surface area contributed by atoms with E-state index in [0.29, 0.717) is 34.0 Å². The van der Waals surface area contributed by atoms with Crippen LogP contribution in [0.1, 0.15) is 15.9 Å². The molecule has 9 heteroatoms. The summed E-state index contributed by atoms with van der Waals surface area (Å²) < 4.78 is 19.8. The predicted octanol–water partition coefficient (Wildman–Crippen LogP) is 3.39. The second-order valence-electron chi connectivity index (χ2n) is 6.16. The molecular formula is C20H16FN5O2S. The van der Waals surface area contributed by atoms with E-state index in [1.54, 1.807) is 48.2 Å². The number of thioether (sulfide) groups is 1. The summed E-state index contributed by atoms with van der Waals surface area (Å²) in [7, 11) is 1.58. The SMILES string of the molecule is COc1ccc(C(=O)CSc2ncnc3c2nnn3Cc2ccc(F)cc2)cc1. The van der Waals surface area contributed by atoms with E-state index in [4.69, 9.17) is 4.74 Å². The molecule has 0 aliphatic rings. The number of methoxy groups -OCH3 is 1. The molecule has 0 aliphatic carbocycles. The molecular weight excluding hydrogens is 393 g/mol. The summed E-state index contributed by atoms with van der Waals surface area (Å²) in [5, 5.41) is 8.89. The molecule has 0 fully saturated rings. The van der Waals surface area contributed by atoms with E-state index in [2.05, 4.69) is 20.3 Å². The van der Waals surface area contributed by atoms with Gasteiger partial charge in [0.05, 0.1) is 19.4 Å². The van der Waals surface area contributed by atoms with Gasteiger partial charge >= 0.3 is 0 Å². The summed E-state index contributed by atoms with van der Waals surface area (Å²) in [5.41, 5.74) is 2.56. The van der Waals surface area contributed by atoms with Gasteiger partial charge in [-0.15, -0.1) is 5.10 Å². The minimum atomic E-state index is -0.292. The summed E-state index contributed by atoms with van der Waals surface area (Å²) in [6.07, 6.45) is 1.42. The summed E-state index contributed by atoms with van der Waals surface area (Å²) in [6.45, 7) is 0.405. The van der Waals surface area contributed by atoms with Crippen molar-refractivity contribution in [1.82, 2.24) is 25.0 Å². The fraction of sp³-hybridized carbons (Fsp3) is 0.150. The van der Waals surface area contributed by atoms with Crippen molar-refractivity contribution < 1.29 is 13.9 Å². The molecule has 2 aromatic heterocycles. The molecule has 0 unspecified atom stereocenters. The zero-order valence-corrected chi connectivity index (χ0v) is 16.3. The van der Waals surface area contributed by atoms with Gasteiger partial charge in [-0.05, 0) is 42.0 Å². The Morgan fingerprint density at radius 3 is 2.59 bits per heavy atom. The van der Waals surface area contributed by atoms with Gasteiger partial charge in [0, 0.05) is 5.56 Å². The monoisotopic (exact) mass is 409 g/mol. The third kappa shape index (κ3) is 4.24. The Morgan fingerprint density at radius 2 is 1.86 bits per heavy atom. The zero-order valence-electron chi connectivity index (χ0n) is 15.4. The van der Waals surface area contributed by atoms with Crippen molar-refractivity contribution in [3.05, 3.63) is 71.8 Å². The Morgan fingerprint density at radius 1 is 1.10 bits per heavy atom. The summed E-state index contributed by atoms with van der Waals surface area (Å²) in [4.78, 5) is 21.0. The number of rotatable bonds is 7. The molecule has 146 valence electrons. The minimum Gasteiger partial charge on any atom is -0.497 e. The van der Waals surface area contributed by atoms with Gasteiger partial charge in [-0.1, -0.05) is 29.1 Å². The van der Waals surface area contributed by atoms with Crippen molar-refractivity contribution in [1.29, 1.82) is 0 Å². The van der Waals surface area contributed by atoms with E-state index in [0.717, 1.165) is 5.56 Å². The Kier molecular flexibility index (Phi) is 5.48. The van der Waals surface area contributed by atoms with E-state index in [1.807, 2.05) is 0 Å². The number of aromatic nitrogens is 5. The average molecular weight is 409 g/mol. The predicted molar refractivity (Wildman–Crippen MR) is 107 cm³/mol. The largest absolute Gasteiger partial charge is 0.497 e. The van der Waals surface area contributed by atoms with Crippen molar-refractivity contribution in [3.8, 4) is 5.75 Å². The molecule has 0 atom stereocenters. The van der Waals surface area contributed by atoms with Gasteiger partial charge < -0.3 is 4.74 Å². The van der Waals surface area contributed by atoms with Crippen molar-refractivity contribution in [2.45, 2.75) is 11.6 Å². The van der Waals surface area contributed by atoms with Crippen molar-refractivity contribution in [3.63, 3.8) is 0 Å². The molecule has 4 aromatic rings. The topological polar surface area (TPSA) is 82.8 Å². The van der Waals surface area contributed by atoms with Crippen molar-refractivity contribution in [2.24, 2.45) is 0 Å². The fourth-order valence-electron chi connectivity index (χ4n) is 2.74. The third-order valence-electron chi connectivity index (χ3n) is 4.26. The van der Waals surface area contributed by atoms with Crippen LogP contribution >= 0.6 is 11.8 Å². The lowest BCUT2D eigenvalue weighted by Crippen LogP contribution is -2.04. The van der Waals surface area contributed by atoms with Gasteiger partial charge in [-0.25, -0.2) is 19.0 Å². The second-order valence-corrected chi connectivity index (χ2v) is 7.13. The number of fused-ring (bicyclic) bond motifs is 1. The van der Waals surface area contributed by atoms with E-state index >= 15 is 0 Å². The molecule has 0 bridgehead atoms. The van der Waals surface area contributed by atoms with Crippen LogP contribution in [-0.2, 0) is 6.54 Å². The number of carbonyl (C=O) groups excluding carboxylic acids is 1. The highest BCUT2D eigenvalue weighted by Crippen LogP contribution is 2.24. The Hall–Kier alpha value is -3.33. The molecule has 0 radical (unpaired) electrons. The number of Topliss-reactive ketones (excluding diaryl/α,β-unsaturated/α-hetero) is 1. The van der Waals surface area contributed by atoms with Gasteiger partial charge in [0.2, 0.25) is 0 Å². The van der Waals surface area contributed by atoms with Crippen LogP contribution in [0, 0.1) is 5.82 Å². The molecule has 0 N–H and O–H groups in total. The first kappa shape index (κ1) is 19.0. The number of hydrogen-bond acceptors (Lipinski definition) is 7. The lowest BCUT2D eigenvalue weighted by atomic mass is 10.1. The molecule has 4 rings (SSSR count). The maximum Gasteiger partial charge on any atom is 0.183 e. The number of hydrogen-bond donors (Lipinski definition) is 0. The molecule has 0 saturated carbocycles. The number of ketones is 1. The summed E-state index contributed by atoms with van der Waals surface area (Å²) in [6, 6.07) is 13.1. The van der Waals surface area contributed by atoms with E-state index in [9.17, 15) is 9.18 Å². The fourth-order valence-corrected chi connectivity index (χ4v) is 3.57. The molecule has 7 nitrogen and oxygen atoms in total. The van der Waals surface area contributed by atoms with E-state index in [1.165, 1.54) is 30.2 Å². The van der Waals surface area contributed by atoms with Crippen LogP contribution < -0.4 is 4.74 Å². The van der Waals surface area contributed by atoms with E-state index in [-0.39, 0.29) is 17.4 Å². The standard InChI is InChI=1S/C20H16FN5O2S/c1-28-16-8-4-14(5-9-16)17(27)11-29-20-18-19(22-12-23-20)26(25-24-18)10-13-2-6-15(21)7-3-13/h2-9,12H,10-11H2,1H3.